The van der Waals surface area contributed by atoms with Crippen LogP contribution in [0.2, 0.25) is 0 Å². The molecule has 0 spiro atoms. The molecule has 2 rings (SSSR count). The molecule has 2 aromatic rings. The number of hydrogen-bond acceptors (Lipinski definition) is 3. The second-order valence-electron chi connectivity index (χ2n) is 4.30. The molecule has 98 valence electrons. The second kappa shape index (κ2) is 5.44. The predicted molar refractivity (Wildman–Crippen MR) is 73.4 cm³/mol. The fraction of sp³-hybridized carbons (Fsp3) is 0.133. The number of nitrogens with two attached hydrogens (primary N) is 1. The molecule has 0 aliphatic heterocycles. The number of carboxylic acid groups (broad SMARTS) is 1. The Morgan fingerprint density at radius 3 is 2.00 bits per heavy atom. The molecule has 0 bridgehead atoms. The molecule has 0 aliphatic carbocycles. The maximum Gasteiger partial charge on any atom is 0.310 e. The Morgan fingerprint density at radius 2 is 1.53 bits per heavy atom. The van der Waals surface area contributed by atoms with Crippen molar-refractivity contribution in [2.45, 2.75) is 12.8 Å². The van der Waals surface area contributed by atoms with Gasteiger partial charge >= 0.3 is 5.97 Å². The van der Waals surface area contributed by atoms with E-state index in [1.807, 2.05) is 0 Å². The molecule has 0 amide bonds. The van der Waals surface area contributed by atoms with Gasteiger partial charge < -0.3 is 15.6 Å². The Bertz CT molecular complexity index is 561. The second-order valence-corrected chi connectivity index (χ2v) is 4.30. The number of nitrogen functional groups attached to an aromatic ring is 1. The standard InChI is InChI=1S/C15H15NO3/c1-10(15(17)18)11-2-6-13(7-3-11)19-14-8-4-12(16)5-9-14/h2-10H,16H2,1H3,(H,17,18). The Kier molecular flexibility index (Phi) is 3.71. The van der Waals surface area contributed by atoms with Crippen molar-refractivity contribution in [2.24, 2.45) is 0 Å². The van der Waals surface area contributed by atoms with Crippen LogP contribution in [0.1, 0.15) is 18.4 Å². The molecule has 0 aromatic heterocycles. The molecule has 3 N–H and O–H groups in total. The maximum absolute atomic E-state index is 10.9. The summed E-state index contributed by atoms with van der Waals surface area (Å²) >= 11 is 0. The molecule has 4 nitrogen and oxygen atoms in total. The monoisotopic (exact) mass is 257 g/mol. The normalized spacial score (nSPS) is 11.8. The van der Waals surface area contributed by atoms with Gasteiger partial charge in [-0.15, -0.1) is 0 Å². The van der Waals surface area contributed by atoms with Gasteiger partial charge in [-0.1, -0.05) is 12.1 Å². The van der Waals surface area contributed by atoms with Crippen molar-refractivity contribution >= 4 is 11.7 Å². The first-order valence-electron chi connectivity index (χ1n) is 5.92. The number of rotatable bonds is 4. The smallest absolute Gasteiger partial charge is 0.310 e. The molecule has 0 radical (unpaired) electrons. The zero-order chi connectivity index (χ0) is 13.8. The van der Waals surface area contributed by atoms with Gasteiger partial charge in [0.2, 0.25) is 0 Å². The number of aliphatic carboxylic acids is 1. The van der Waals surface area contributed by atoms with Gasteiger partial charge in [0.25, 0.3) is 0 Å². The highest BCUT2D eigenvalue weighted by Crippen LogP contribution is 2.24. The third kappa shape index (κ3) is 3.25. The van der Waals surface area contributed by atoms with E-state index in [0.717, 1.165) is 5.56 Å². The summed E-state index contributed by atoms with van der Waals surface area (Å²) in [6, 6.07) is 14.1. The number of carboxylic acids is 1. The van der Waals surface area contributed by atoms with E-state index in [0.29, 0.717) is 17.2 Å². The molecule has 2 aromatic carbocycles. The van der Waals surface area contributed by atoms with Crippen LogP contribution in [-0.4, -0.2) is 11.1 Å². The Hall–Kier alpha value is -2.49. The summed E-state index contributed by atoms with van der Waals surface area (Å²) in [6.07, 6.45) is 0. The third-order valence-corrected chi connectivity index (χ3v) is 2.87. The lowest BCUT2D eigenvalue weighted by atomic mass is 10.0. The fourth-order valence-electron chi connectivity index (χ4n) is 1.64. The van der Waals surface area contributed by atoms with Crippen LogP contribution in [0.25, 0.3) is 0 Å². The van der Waals surface area contributed by atoms with Crippen LogP contribution in [0.3, 0.4) is 0 Å². The first kappa shape index (κ1) is 13.0. The minimum atomic E-state index is -0.841. The van der Waals surface area contributed by atoms with Crippen LogP contribution in [0.5, 0.6) is 11.5 Å². The first-order valence-corrected chi connectivity index (χ1v) is 5.92. The van der Waals surface area contributed by atoms with Crippen LogP contribution in [-0.2, 0) is 4.79 Å². The van der Waals surface area contributed by atoms with Gasteiger partial charge in [-0.2, -0.15) is 0 Å². The van der Waals surface area contributed by atoms with Crippen LogP contribution < -0.4 is 10.5 Å². The van der Waals surface area contributed by atoms with E-state index >= 15 is 0 Å². The summed E-state index contributed by atoms with van der Waals surface area (Å²) in [5, 5.41) is 8.92. The lowest BCUT2D eigenvalue weighted by molar-refractivity contribution is -0.138. The van der Waals surface area contributed by atoms with Gasteiger partial charge in [-0.05, 0) is 48.9 Å². The van der Waals surface area contributed by atoms with E-state index in [9.17, 15) is 4.79 Å². The average Bonchev–Trinajstić information content (AvgIpc) is 2.41. The summed E-state index contributed by atoms with van der Waals surface area (Å²) in [4.78, 5) is 10.9. The first-order chi connectivity index (χ1) is 9.06. The van der Waals surface area contributed by atoms with E-state index in [-0.39, 0.29) is 0 Å². The van der Waals surface area contributed by atoms with Gasteiger partial charge in [0.1, 0.15) is 11.5 Å². The lowest BCUT2D eigenvalue weighted by Crippen LogP contribution is -2.06. The van der Waals surface area contributed by atoms with Gasteiger partial charge in [0, 0.05) is 5.69 Å². The minimum Gasteiger partial charge on any atom is -0.481 e. The van der Waals surface area contributed by atoms with E-state index < -0.39 is 11.9 Å². The fourth-order valence-corrected chi connectivity index (χ4v) is 1.64. The third-order valence-electron chi connectivity index (χ3n) is 2.87. The minimum absolute atomic E-state index is 0.523. The highest BCUT2D eigenvalue weighted by atomic mass is 16.5. The van der Waals surface area contributed by atoms with Crippen LogP contribution in [0.4, 0.5) is 5.69 Å². The highest BCUT2D eigenvalue weighted by molar-refractivity contribution is 5.75. The molecule has 1 unspecified atom stereocenters. The van der Waals surface area contributed by atoms with Gasteiger partial charge in [-0.3, -0.25) is 4.79 Å². The molecule has 0 saturated carbocycles. The van der Waals surface area contributed by atoms with Crippen molar-refractivity contribution in [1.82, 2.24) is 0 Å². The van der Waals surface area contributed by atoms with Gasteiger partial charge in [-0.25, -0.2) is 0 Å². The van der Waals surface area contributed by atoms with Crippen molar-refractivity contribution in [2.75, 3.05) is 5.73 Å². The molecule has 19 heavy (non-hydrogen) atoms. The molecule has 4 heteroatoms. The molecular weight excluding hydrogens is 242 g/mol. The largest absolute Gasteiger partial charge is 0.481 e. The van der Waals surface area contributed by atoms with E-state index in [1.165, 1.54) is 0 Å². The van der Waals surface area contributed by atoms with Gasteiger partial charge in [0.05, 0.1) is 5.92 Å². The zero-order valence-corrected chi connectivity index (χ0v) is 10.5. The lowest BCUT2D eigenvalue weighted by Gasteiger charge is -2.09. The summed E-state index contributed by atoms with van der Waals surface area (Å²) in [5.41, 5.74) is 7.02. The van der Waals surface area contributed by atoms with E-state index in [2.05, 4.69) is 0 Å². The van der Waals surface area contributed by atoms with Crippen LogP contribution in [0, 0.1) is 0 Å². The SMILES string of the molecule is CC(C(=O)O)c1ccc(Oc2ccc(N)cc2)cc1. The topological polar surface area (TPSA) is 72.5 Å². The van der Waals surface area contributed by atoms with Gasteiger partial charge in [0.15, 0.2) is 0 Å². The van der Waals surface area contributed by atoms with Crippen molar-refractivity contribution in [3.63, 3.8) is 0 Å². The van der Waals surface area contributed by atoms with E-state index in [4.69, 9.17) is 15.6 Å². The predicted octanol–water partition coefficient (Wildman–Crippen LogP) is 3.25. The van der Waals surface area contributed by atoms with Crippen LogP contribution in [0.15, 0.2) is 48.5 Å². The molecule has 1 atom stereocenters. The summed E-state index contributed by atoms with van der Waals surface area (Å²) in [7, 11) is 0. The molecule has 0 saturated heterocycles. The number of ether oxygens (including phenoxy) is 1. The quantitative estimate of drug-likeness (QED) is 0.825. The van der Waals surface area contributed by atoms with Crippen molar-refractivity contribution in [3.05, 3.63) is 54.1 Å². The molecule has 0 fully saturated rings. The maximum atomic E-state index is 10.9. The Labute approximate surface area is 111 Å². The van der Waals surface area contributed by atoms with Crippen molar-refractivity contribution < 1.29 is 14.6 Å². The Morgan fingerprint density at radius 1 is 1.05 bits per heavy atom. The molecular formula is C15H15NO3. The number of benzene rings is 2. The van der Waals surface area contributed by atoms with Crippen molar-refractivity contribution in [1.29, 1.82) is 0 Å². The van der Waals surface area contributed by atoms with E-state index in [1.54, 1.807) is 55.5 Å². The number of anilines is 1. The molecule has 0 aliphatic rings. The Balaban J connectivity index is 2.10. The highest BCUT2D eigenvalue weighted by Gasteiger charge is 2.13. The summed E-state index contributed by atoms with van der Waals surface area (Å²) in [6.45, 7) is 1.65. The summed E-state index contributed by atoms with van der Waals surface area (Å²) in [5.74, 6) is -0.0166. The molecule has 0 heterocycles. The number of carbonyl (C=O) groups is 1. The summed E-state index contributed by atoms with van der Waals surface area (Å²) < 4.78 is 5.63. The zero-order valence-electron chi connectivity index (χ0n) is 10.5. The number of hydrogen-bond donors (Lipinski definition) is 2. The van der Waals surface area contributed by atoms with Crippen LogP contribution >= 0.6 is 0 Å². The average molecular weight is 257 g/mol. The van der Waals surface area contributed by atoms with Crippen molar-refractivity contribution in [3.8, 4) is 11.5 Å².